The second-order valence-corrected chi connectivity index (χ2v) is 11.4. The van der Waals surface area contributed by atoms with Crippen molar-refractivity contribution in [2.24, 2.45) is 40.9 Å². The third-order valence-corrected chi connectivity index (χ3v) is 9.84. The number of carbonyl (C=O) groups excluding carboxylic acids is 1. The SMILES string of the molecule is CN1NC=CN1CC(=O)[C@H]1CC[C@H]2C3CC[C@H]4C[C@](C)(O)CC[C@@H]4[C@H]3CC[C@]12C. The molecule has 2 N–H and O–H groups in total. The van der Waals surface area contributed by atoms with Crippen molar-refractivity contribution in [3.63, 3.8) is 0 Å². The van der Waals surface area contributed by atoms with Crippen molar-refractivity contribution in [1.29, 1.82) is 0 Å². The Morgan fingerprint density at radius 2 is 1.86 bits per heavy atom. The van der Waals surface area contributed by atoms with Gasteiger partial charge < -0.3 is 10.5 Å². The van der Waals surface area contributed by atoms with Crippen LogP contribution < -0.4 is 5.43 Å². The fourth-order valence-electron chi connectivity index (χ4n) is 8.44. The molecule has 0 aromatic carbocycles. The van der Waals surface area contributed by atoms with Gasteiger partial charge in [0.2, 0.25) is 0 Å². The van der Waals surface area contributed by atoms with Gasteiger partial charge in [0.25, 0.3) is 0 Å². The molecule has 5 nitrogen and oxygen atoms in total. The van der Waals surface area contributed by atoms with Crippen molar-refractivity contribution in [2.45, 2.75) is 77.2 Å². The zero-order valence-electron chi connectivity index (χ0n) is 18.4. The highest BCUT2D eigenvalue weighted by atomic mass is 16.3. The summed E-state index contributed by atoms with van der Waals surface area (Å²) in [7, 11) is 1.96. The molecule has 1 aliphatic heterocycles. The Morgan fingerprint density at radius 1 is 1.07 bits per heavy atom. The van der Waals surface area contributed by atoms with Crippen molar-refractivity contribution < 1.29 is 9.90 Å². The maximum Gasteiger partial charge on any atom is 0.157 e. The normalized spacial score (nSPS) is 49.3. The summed E-state index contributed by atoms with van der Waals surface area (Å²) in [5.41, 5.74) is 2.87. The number of hydrogen-bond donors (Lipinski definition) is 2. The average Bonchev–Trinajstić information content (AvgIpc) is 3.23. The van der Waals surface area contributed by atoms with Crippen LogP contribution in [0.1, 0.15) is 71.6 Å². The zero-order valence-corrected chi connectivity index (χ0v) is 18.4. The molecule has 162 valence electrons. The number of hydrogen-bond acceptors (Lipinski definition) is 5. The third-order valence-electron chi connectivity index (χ3n) is 9.84. The van der Waals surface area contributed by atoms with E-state index in [1.165, 1.54) is 38.5 Å². The van der Waals surface area contributed by atoms with Crippen molar-refractivity contribution in [2.75, 3.05) is 13.6 Å². The third kappa shape index (κ3) is 3.23. The van der Waals surface area contributed by atoms with E-state index in [2.05, 4.69) is 12.3 Å². The summed E-state index contributed by atoms with van der Waals surface area (Å²) < 4.78 is 0. The first-order chi connectivity index (χ1) is 13.8. The van der Waals surface area contributed by atoms with E-state index in [4.69, 9.17) is 0 Å². The molecular weight excluding hydrogens is 362 g/mol. The summed E-state index contributed by atoms with van der Waals surface area (Å²) in [5, 5.41) is 14.5. The Balaban J connectivity index is 1.30. The summed E-state index contributed by atoms with van der Waals surface area (Å²) in [4.78, 5) is 13.3. The molecule has 0 spiro atoms. The molecule has 0 radical (unpaired) electrons. The van der Waals surface area contributed by atoms with Gasteiger partial charge in [0.15, 0.2) is 5.78 Å². The van der Waals surface area contributed by atoms with Crippen molar-refractivity contribution >= 4 is 5.78 Å². The molecule has 1 unspecified atom stereocenters. The monoisotopic (exact) mass is 401 g/mol. The van der Waals surface area contributed by atoms with Crippen molar-refractivity contribution in [3.05, 3.63) is 12.4 Å². The number of ketones is 1. The van der Waals surface area contributed by atoms with Gasteiger partial charge in [0, 0.05) is 25.4 Å². The minimum absolute atomic E-state index is 0.195. The highest BCUT2D eigenvalue weighted by molar-refractivity contribution is 5.84. The molecule has 4 fully saturated rings. The van der Waals surface area contributed by atoms with Crippen LogP contribution in [0.5, 0.6) is 0 Å². The predicted molar refractivity (Wildman–Crippen MR) is 113 cm³/mol. The molecule has 5 heteroatoms. The van der Waals surface area contributed by atoms with Crippen LogP contribution in [0.15, 0.2) is 12.4 Å². The molecule has 0 amide bonds. The lowest BCUT2D eigenvalue weighted by Crippen LogP contribution is -2.51. The van der Waals surface area contributed by atoms with Gasteiger partial charge >= 0.3 is 0 Å². The molecular formula is C24H39N3O2. The standard InChI is InChI=1S/C24H39N3O2/c1-23(29)10-8-17-16(14-23)4-5-19-18(17)9-11-24(2)20(19)6-7-21(24)22(28)15-27-13-12-25-26(27)3/h12-13,16-21,25,29H,4-11,14-15H2,1-3H3/t16-,17-,18+,19?,20-,21+,23+,24-/m0/s1. The lowest BCUT2D eigenvalue weighted by Gasteiger charge is -2.56. The molecule has 4 aliphatic carbocycles. The number of Topliss-reactive ketones (excluding diaryl/α,β-unsaturated/α-hetero) is 1. The predicted octanol–water partition coefficient (Wildman–Crippen LogP) is 3.71. The second kappa shape index (κ2) is 6.98. The topological polar surface area (TPSA) is 55.8 Å². The number of aliphatic hydroxyl groups is 1. The van der Waals surface area contributed by atoms with Gasteiger partial charge in [-0.15, -0.1) is 5.12 Å². The molecule has 0 saturated heterocycles. The van der Waals surface area contributed by atoms with Crippen molar-refractivity contribution in [1.82, 2.24) is 15.6 Å². The van der Waals surface area contributed by atoms with E-state index >= 15 is 0 Å². The van der Waals surface area contributed by atoms with Crippen LogP contribution in [0, 0.1) is 40.9 Å². The molecule has 0 aromatic rings. The lowest BCUT2D eigenvalue weighted by atomic mass is 9.49. The van der Waals surface area contributed by atoms with Gasteiger partial charge in [0.1, 0.15) is 0 Å². The highest BCUT2D eigenvalue weighted by Gasteiger charge is 2.58. The Kier molecular flexibility index (Phi) is 4.78. The number of rotatable bonds is 3. The molecule has 8 atom stereocenters. The first-order valence-electron chi connectivity index (χ1n) is 12.0. The summed E-state index contributed by atoms with van der Waals surface area (Å²) in [6, 6.07) is 0. The van der Waals surface area contributed by atoms with Crippen LogP contribution in [0.25, 0.3) is 0 Å². The van der Waals surface area contributed by atoms with Gasteiger partial charge in [-0.05, 0) is 99.7 Å². The van der Waals surface area contributed by atoms with Crippen LogP contribution in [0.2, 0.25) is 0 Å². The van der Waals surface area contributed by atoms with Gasteiger partial charge in [-0.25, -0.2) is 0 Å². The minimum Gasteiger partial charge on any atom is -0.390 e. The van der Waals surface area contributed by atoms with Gasteiger partial charge in [-0.1, -0.05) is 6.92 Å². The van der Waals surface area contributed by atoms with Gasteiger partial charge in [-0.3, -0.25) is 9.80 Å². The Bertz CT molecular complexity index is 692. The maximum absolute atomic E-state index is 13.3. The highest BCUT2D eigenvalue weighted by Crippen LogP contribution is 2.64. The first-order valence-corrected chi connectivity index (χ1v) is 12.0. The lowest BCUT2D eigenvalue weighted by molar-refractivity contribution is -0.135. The van der Waals surface area contributed by atoms with E-state index < -0.39 is 5.60 Å². The smallest absolute Gasteiger partial charge is 0.157 e. The Hall–Kier alpha value is -1.07. The van der Waals surface area contributed by atoms with E-state index in [0.29, 0.717) is 12.3 Å². The fraction of sp³-hybridized carbons (Fsp3) is 0.875. The minimum atomic E-state index is -0.436. The number of carbonyl (C=O) groups is 1. The molecule has 5 rings (SSSR count). The van der Waals surface area contributed by atoms with E-state index in [-0.39, 0.29) is 11.3 Å². The molecule has 0 bridgehead atoms. The summed E-state index contributed by atoms with van der Waals surface area (Å²) in [6.07, 6.45) is 14.5. The van der Waals surface area contributed by atoms with Gasteiger partial charge in [-0.2, -0.15) is 0 Å². The number of nitrogens with zero attached hydrogens (tertiary/aromatic N) is 2. The molecule has 29 heavy (non-hydrogen) atoms. The Labute approximate surface area is 175 Å². The molecule has 5 aliphatic rings. The molecule has 4 saturated carbocycles. The van der Waals surface area contributed by atoms with Crippen LogP contribution in [0.4, 0.5) is 0 Å². The maximum atomic E-state index is 13.3. The number of fused-ring (bicyclic) bond motifs is 5. The average molecular weight is 402 g/mol. The van der Waals surface area contributed by atoms with E-state index in [1.54, 1.807) is 0 Å². The van der Waals surface area contributed by atoms with E-state index in [9.17, 15) is 9.90 Å². The van der Waals surface area contributed by atoms with Crippen LogP contribution in [0.3, 0.4) is 0 Å². The van der Waals surface area contributed by atoms with Gasteiger partial charge in [0.05, 0.1) is 12.1 Å². The number of hydrazine groups is 2. The largest absolute Gasteiger partial charge is 0.390 e. The van der Waals surface area contributed by atoms with Crippen LogP contribution in [-0.4, -0.2) is 40.2 Å². The Morgan fingerprint density at radius 3 is 2.62 bits per heavy atom. The van der Waals surface area contributed by atoms with Crippen LogP contribution >= 0.6 is 0 Å². The zero-order chi connectivity index (χ0) is 20.4. The quantitative estimate of drug-likeness (QED) is 0.755. The number of nitrogens with one attached hydrogen (secondary N) is 1. The van der Waals surface area contributed by atoms with Crippen molar-refractivity contribution in [3.8, 4) is 0 Å². The first kappa shape index (κ1) is 19.9. The summed E-state index contributed by atoms with van der Waals surface area (Å²) >= 11 is 0. The summed E-state index contributed by atoms with van der Waals surface area (Å²) in [5.74, 6) is 4.58. The molecule has 1 heterocycles. The fourth-order valence-corrected chi connectivity index (χ4v) is 8.44. The summed E-state index contributed by atoms with van der Waals surface area (Å²) in [6.45, 7) is 4.98. The molecule has 0 aromatic heterocycles. The van der Waals surface area contributed by atoms with E-state index in [0.717, 1.165) is 48.9 Å². The van der Waals surface area contributed by atoms with Crippen LogP contribution in [-0.2, 0) is 4.79 Å². The van der Waals surface area contributed by atoms with E-state index in [1.807, 2.05) is 36.5 Å². The second-order valence-electron chi connectivity index (χ2n) is 11.4.